The fourth-order valence-electron chi connectivity index (χ4n) is 3.89. The monoisotopic (exact) mass is 537 g/mol. The van der Waals surface area contributed by atoms with Gasteiger partial charge in [-0.15, -0.1) is 0 Å². The first-order valence-electron chi connectivity index (χ1n) is 11.2. The normalized spacial score (nSPS) is 11.0. The largest absolute Gasteiger partial charge is 0.422 e. The molecule has 5 aromatic rings. The van der Waals surface area contributed by atoms with Crippen molar-refractivity contribution in [2.24, 2.45) is 5.10 Å². The number of ether oxygens (including phenoxy) is 1. The van der Waals surface area contributed by atoms with Crippen molar-refractivity contribution < 1.29 is 14.3 Å². The first-order valence-corrected chi connectivity index (χ1v) is 12.0. The molecule has 176 valence electrons. The number of fused-ring (bicyclic) bond motifs is 1. The summed E-state index contributed by atoms with van der Waals surface area (Å²) in [6, 6.07) is 31.2. The standard InChI is InChI=1S/C29H20BrN3O3/c30-23-16-9-15-22-25(19-10-3-1-4-11-19)27(32-26(22)23)28(34)33-31-18-21-14-7-8-17-24(21)36-29(35)20-12-5-2-6-13-20/h1-18,32H,(H,33,34). The number of nitrogens with one attached hydrogen (secondary N) is 2. The fraction of sp³-hybridized carbons (Fsp3) is 0. The number of benzene rings is 4. The van der Waals surface area contributed by atoms with Crippen LogP contribution in [0.3, 0.4) is 0 Å². The van der Waals surface area contributed by atoms with Crippen molar-refractivity contribution in [3.8, 4) is 16.9 Å². The highest BCUT2D eigenvalue weighted by atomic mass is 79.9. The predicted molar refractivity (Wildman–Crippen MR) is 144 cm³/mol. The van der Waals surface area contributed by atoms with Gasteiger partial charge in [0, 0.05) is 21.0 Å². The van der Waals surface area contributed by atoms with E-state index in [2.05, 4.69) is 31.4 Å². The molecule has 36 heavy (non-hydrogen) atoms. The van der Waals surface area contributed by atoms with Gasteiger partial charge in [0.2, 0.25) is 0 Å². The number of carbonyl (C=O) groups excluding carboxylic acids is 2. The Labute approximate surface area is 215 Å². The number of amides is 1. The van der Waals surface area contributed by atoms with Gasteiger partial charge >= 0.3 is 5.97 Å². The third-order valence-electron chi connectivity index (χ3n) is 5.57. The van der Waals surface area contributed by atoms with Gasteiger partial charge in [-0.1, -0.05) is 72.8 Å². The van der Waals surface area contributed by atoms with Crippen LogP contribution in [0.15, 0.2) is 113 Å². The average Bonchev–Trinajstić information content (AvgIpc) is 3.32. The van der Waals surface area contributed by atoms with Crippen LogP contribution in [0.5, 0.6) is 5.75 Å². The number of hydrogen-bond acceptors (Lipinski definition) is 4. The van der Waals surface area contributed by atoms with Gasteiger partial charge in [0.15, 0.2) is 0 Å². The van der Waals surface area contributed by atoms with Crippen LogP contribution in [0.25, 0.3) is 22.0 Å². The first-order chi connectivity index (χ1) is 17.6. The minimum Gasteiger partial charge on any atom is -0.422 e. The minimum absolute atomic E-state index is 0.337. The van der Waals surface area contributed by atoms with E-state index in [9.17, 15) is 9.59 Å². The molecule has 5 rings (SSSR count). The van der Waals surface area contributed by atoms with Crippen LogP contribution in [-0.4, -0.2) is 23.1 Å². The van der Waals surface area contributed by atoms with Gasteiger partial charge in [-0.2, -0.15) is 5.10 Å². The zero-order valence-corrected chi connectivity index (χ0v) is 20.5. The van der Waals surface area contributed by atoms with Gasteiger partial charge in [0.05, 0.1) is 17.3 Å². The number of aromatic amines is 1. The molecule has 0 saturated carbocycles. The molecule has 0 saturated heterocycles. The highest BCUT2D eigenvalue weighted by Crippen LogP contribution is 2.35. The van der Waals surface area contributed by atoms with E-state index in [1.54, 1.807) is 48.5 Å². The topological polar surface area (TPSA) is 83.5 Å². The molecule has 1 heterocycles. The Hall–Kier alpha value is -4.49. The van der Waals surface area contributed by atoms with Crippen molar-refractivity contribution in [2.45, 2.75) is 0 Å². The Morgan fingerprint density at radius 1 is 0.833 bits per heavy atom. The highest BCUT2D eigenvalue weighted by molar-refractivity contribution is 9.10. The second-order valence-electron chi connectivity index (χ2n) is 7.90. The van der Waals surface area contributed by atoms with E-state index < -0.39 is 11.9 Å². The Balaban J connectivity index is 1.40. The summed E-state index contributed by atoms with van der Waals surface area (Å²) in [4.78, 5) is 28.9. The molecule has 0 radical (unpaired) electrons. The van der Waals surface area contributed by atoms with E-state index in [4.69, 9.17) is 4.74 Å². The highest BCUT2D eigenvalue weighted by Gasteiger charge is 2.20. The molecule has 1 aromatic heterocycles. The van der Waals surface area contributed by atoms with E-state index in [0.29, 0.717) is 22.6 Å². The summed E-state index contributed by atoms with van der Waals surface area (Å²) in [7, 11) is 0. The smallest absolute Gasteiger partial charge is 0.343 e. The SMILES string of the molecule is O=C(Oc1ccccc1C=NNC(=O)c1[nH]c2c(Br)cccc2c1-c1ccccc1)c1ccccc1. The van der Waals surface area contributed by atoms with Gasteiger partial charge in [0.25, 0.3) is 5.91 Å². The van der Waals surface area contributed by atoms with Gasteiger partial charge in [-0.25, -0.2) is 10.2 Å². The molecule has 0 aliphatic rings. The van der Waals surface area contributed by atoms with Crippen molar-refractivity contribution in [3.63, 3.8) is 0 Å². The quantitative estimate of drug-likeness (QED) is 0.111. The van der Waals surface area contributed by atoms with Gasteiger partial charge in [-0.3, -0.25) is 4.79 Å². The van der Waals surface area contributed by atoms with E-state index in [-0.39, 0.29) is 0 Å². The summed E-state index contributed by atoms with van der Waals surface area (Å²) in [5.41, 5.74) is 6.50. The molecule has 0 aliphatic carbocycles. The molecule has 7 heteroatoms. The second-order valence-corrected chi connectivity index (χ2v) is 8.75. The molecule has 4 aromatic carbocycles. The van der Waals surface area contributed by atoms with E-state index in [1.165, 1.54) is 6.21 Å². The first kappa shape index (κ1) is 23.3. The zero-order valence-electron chi connectivity index (χ0n) is 18.9. The lowest BCUT2D eigenvalue weighted by atomic mass is 10.0. The van der Waals surface area contributed by atoms with Crippen molar-refractivity contribution in [1.29, 1.82) is 0 Å². The Morgan fingerprint density at radius 2 is 1.53 bits per heavy atom. The van der Waals surface area contributed by atoms with Crippen molar-refractivity contribution in [1.82, 2.24) is 10.4 Å². The third-order valence-corrected chi connectivity index (χ3v) is 6.23. The molecule has 0 spiro atoms. The van der Waals surface area contributed by atoms with Gasteiger partial charge in [-0.05, 0) is 51.8 Å². The van der Waals surface area contributed by atoms with E-state index in [0.717, 1.165) is 26.5 Å². The molecule has 0 atom stereocenters. The number of halogens is 1. The maximum atomic E-state index is 13.2. The Bertz CT molecular complexity index is 1580. The summed E-state index contributed by atoms with van der Waals surface area (Å²) in [6.07, 6.45) is 1.45. The Kier molecular flexibility index (Phi) is 6.73. The fourth-order valence-corrected chi connectivity index (χ4v) is 4.35. The van der Waals surface area contributed by atoms with Crippen LogP contribution >= 0.6 is 15.9 Å². The molecule has 0 bridgehead atoms. The molecule has 2 N–H and O–H groups in total. The summed E-state index contributed by atoms with van der Waals surface area (Å²) < 4.78 is 6.40. The van der Waals surface area contributed by atoms with Crippen LogP contribution < -0.4 is 10.2 Å². The van der Waals surface area contributed by atoms with Crippen molar-refractivity contribution >= 4 is 44.9 Å². The number of para-hydroxylation sites is 2. The molecule has 0 unspecified atom stereocenters. The second kappa shape index (κ2) is 10.4. The summed E-state index contributed by atoms with van der Waals surface area (Å²) in [5.74, 6) is -0.535. The van der Waals surface area contributed by atoms with Crippen LogP contribution in [0.4, 0.5) is 0 Å². The van der Waals surface area contributed by atoms with Gasteiger partial charge < -0.3 is 9.72 Å². The number of hydrazone groups is 1. The lowest BCUT2D eigenvalue weighted by molar-refractivity contribution is 0.0734. The molecule has 0 fully saturated rings. The van der Waals surface area contributed by atoms with E-state index in [1.807, 2.05) is 54.6 Å². The van der Waals surface area contributed by atoms with E-state index >= 15 is 0 Å². The number of nitrogens with zero attached hydrogens (tertiary/aromatic N) is 1. The predicted octanol–water partition coefficient (Wildman–Crippen LogP) is 6.58. The van der Waals surface area contributed by atoms with Gasteiger partial charge in [0.1, 0.15) is 11.4 Å². The van der Waals surface area contributed by atoms with Crippen LogP contribution in [0, 0.1) is 0 Å². The van der Waals surface area contributed by atoms with Crippen molar-refractivity contribution in [2.75, 3.05) is 0 Å². The lowest BCUT2D eigenvalue weighted by Gasteiger charge is -2.07. The third kappa shape index (κ3) is 4.82. The molecule has 1 amide bonds. The lowest BCUT2D eigenvalue weighted by Crippen LogP contribution is -2.19. The maximum Gasteiger partial charge on any atom is 0.343 e. The molecular weight excluding hydrogens is 518 g/mol. The minimum atomic E-state index is -0.475. The number of aromatic nitrogens is 1. The molecule has 6 nitrogen and oxygen atoms in total. The average molecular weight is 538 g/mol. The Morgan fingerprint density at radius 3 is 2.31 bits per heavy atom. The zero-order chi connectivity index (χ0) is 24.9. The number of esters is 1. The summed E-state index contributed by atoms with van der Waals surface area (Å²) in [6.45, 7) is 0. The summed E-state index contributed by atoms with van der Waals surface area (Å²) >= 11 is 3.56. The maximum absolute atomic E-state index is 13.2. The van der Waals surface area contributed by atoms with Crippen LogP contribution in [0.1, 0.15) is 26.4 Å². The molecule has 0 aliphatic heterocycles. The molecular formula is C29H20BrN3O3. The van der Waals surface area contributed by atoms with Crippen LogP contribution in [-0.2, 0) is 0 Å². The number of rotatable bonds is 6. The number of hydrogen-bond donors (Lipinski definition) is 2. The number of carbonyl (C=O) groups is 2. The summed E-state index contributed by atoms with van der Waals surface area (Å²) in [5, 5.41) is 5.06. The van der Waals surface area contributed by atoms with Crippen molar-refractivity contribution in [3.05, 3.63) is 124 Å². The number of H-pyrrole nitrogens is 1. The van der Waals surface area contributed by atoms with Crippen LogP contribution in [0.2, 0.25) is 0 Å².